The van der Waals surface area contributed by atoms with Crippen molar-refractivity contribution in [3.8, 4) is 34.1 Å². The summed E-state index contributed by atoms with van der Waals surface area (Å²) in [4.78, 5) is 35.7. The van der Waals surface area contributed by atoms with Crippen molar-refractivity contribution in [2.45, 2.75) is 45.0 Å². The van der Waals surface area contributed by atoms with Crippen molar-refractivity contribution in [2.75, 3.05) is 52.9 Å². The zero-order valence-corrected chi connectivity index (χ0v) is 37.8. The highest BCUT2D eigenvalue weighted by molar-refractivity contribution is 7.94. The van der Waals surface area contributed by atoms with Crippen LogP contribution in [0, 0.1) is 0 Å². The minimum Gasteiger partial charge on any atom is -0.490 e. The number of rotatable bonds is 18. The molecule has 2 saturated heterocycles. The number of nitrogens with two attached hydrogens (primary N) is 1. The first-order chi connectivity index (χ1) is 32.3. The van der Waals surface area contributed by atoms with E-state index in [-0.39, 0.29) is 81.7 Å². The fraction of sp³-hybridized carbons (Fsp3) is 0.298. The maximum Gasteiger partial charge on any atom is 0.265 e. The summed E-state index contributed by atoms with van der Waals surface area (Å²) in [6.07, 6.45) is -0.200. The summed E-state index contributed by atoms with van der Waals surface area (Å²) in [7, 11) is -8.17. The Morgan fingerprint density at radius 2 is 0.896 bits per heavy atom. The average Bonchev–Trinajstić information content (AvgIpc) is 3.37. The third kappa shape index (κ3) is 11.7. The van der Waals surface area contributed by atoms with Gasteiger partial charge in [0.15, 0.2) is 29.2 Å². The highest BCUT2D eigenvalue weighted by Gasteiger charge is 2.53. The topological polar surface area (TPSA) is 265 Å². The molecule has 0 aliphatic carbocycles. The van der Waals surface area contributed by atoms with Crippen LogP contribution in [0.3, 0.4) is 0 Å². The van der Waals surface area contributed by atoms with Gasteiger partial charge < -0.3 is 34.2 Å². The highest BCUT2D eigenvalue weighted by atomic mass is 32.2. The quantitative estimate of drug-likeness (QED) is 0.0452. The number of ether oxygens (including phenoxy) is 6. The molecule has 18 nitrogen and oxygen atoms in total. The van der Waals surface area contributed by atoms with Crippen LogP contribution in [-0.4, -0.2) is 107 Å². The lowest BCUT2D eigenvalue weighted by Crippen LogP contribution is -2.54. The number of hydrogen-bond acceptors (Lipinski definition) is 15. The molecule has 0 saturated carbocycles. The number of carbonyl (C=O) groups excluding carboxylic acids is 3. The molecule has 356 valence electrons. The summed E-state index contributed by atoms with van der Waals surface area (Å²) >= 11 is 0. The van der Waals surface area contributed by atoms with E-state index in [1.54, 1.807) is 18.2 Å². The SMILES string of the molecule is NC(=O)c1cccc(OCCOc2ccc(S(=O)(=O)C3(C(=O)NO)CCOCC3)cc2)c1.O=C(NO)C1(S(=O)(=O)c2ccc(OCCOc3cccc(-c4ccccc4)c3)cc2)CCOCC1. The molecule has 0 spiro atoms. The summed E-state index contributed by atoms with van der Waals surface area (Å²) < 4.78 is 82.4. The molecule has 0 radical (unpaired) electrons. The van der Waals surface area contributed by atoms with Gasteiger partial charge in [0, 0.05) is 32.0 Å². The summed E-state index contributed by atoms with van der Waals surface area (Å²) in [6.45, 7) is 1.33. The molecular weight excluding hydrogens is 911 g/mol. The van der Waals surface area contributed by atoms with E-state index in [1.807, 2.05) is 54.6 Å². The van der Waals surface area contributed by atoms with Crippen LogP contribution in [-0.2, 0) is 38.7 Å². The van der Waals surface area contributed by atoms with Crippen molar-refractivity contribution in [1.29, 1.82) is 0 Å². The predicted octanol–water partition coefficient (Wildman–Crippen LogP) is 4.71. The highest BCUT2D eigenvalue weighted by Crippen LogP contribution is 2.37. The van der Waals surface area contributed by atoms with Crippen molar-refractivity contribution >= 4 is 37.4 Å². The van der Waals surface area contributed by atoms with Gasteiger partial charge in [-0.1, -0.05) is 48.5 Å². The molecule has 7 rings (SSSR count). The molecule has 0 atom stereocenters. The second-order valence-corrected chi connectivity index (χ2v) is 19.7. The van der Waals surface area contributed by atoms with Gasteiger partial charge in [0.05, 0.1) is 9.79 Å². The number of hydroxylamine groups is 2. The van der Waals surface area contributed by atoms with Crippen molar-refractivity contribution in [2.24, 2.45) is 5.73 Å². The van der Waals surface area contributed by atoms with E-state index in [2.05, 4.69) is 0 Å². The molecule has 3 amide bonds. The Morgan fingerprint density at radius 3 is 1.31 bits per heavy atom. The first-order valence-electron chi connectivity index (χ1n) is 21.1. The Morgan fingerprint density at radius 1 is 0.507 bits per heavy atom. The molecular formula is C47H51N3O15S2. The Hall–Kier alpha value is -6.55. The molecule has 5 aromatic rings. The number of carbonyl (C=O) groups is 3. The van der Waals surface area contributed by atoms with Gasteiger partial charge in [-0.05, 0) is 116 Å². The minimum atomic E-state index is -4.09. The number of nitrogens with one attached hydrogen (secondary N) is 2. The Labute approximate surface area is 387 Å². The lowest BCUT2D eigenvalue weighted by molar-refractivity contribution is -0.135. The van der Waals surface area contributed by atoms with Crippen LogP contribution in [0.5, 0.6) is 23.0 Å². The van der Waals surface area contributed by atoms with Gasteiger partial charge in [0.1, 0.15) is 49.4 Å². The second-order valence-electron chi connectivity index (χ2n) is 15.2. The molecule has 0 aromatic heterocycles. The number of benzene rings is 5. The molecule has 0 bridgehead atoms. The third-order valence-electron chi connectivity index (χ3n) is 11.2. The number of amides is 3. The van der Waals surface area contributed by atoms with Crippen molar-refractivity contribution in [1.82, 2.24) is 11.0 Å². The molecule has 20 heteroatoms. The van der Waals surface area contributed by atoms with Crippen LogP contribution in [0.2, 0.25) is 0 Å². The summed E-state index contributed by atoms with van der Waals surface area (Å²) in [5.74, 6) is -0.408. The van der Waals surface area contributed by atoms with Gasteiger partial charge in [-0.15, -0.1) is 0 Å². The summed E-state index contributed by atoms with van der Waals surface area (Å²) in [6, 6.07) is 35.8. The Balaban J connectivity index is 0.000000222. The van der Waals surface area contributed by atoms with E-state index < -0.39 is 46.9 Å². The molecule has 6 N–H and O–H groups in total. The van der Waals surface area contributed by atoms with E-state index in [9.17, 15) is 31.2 Å². The largest absolute Gasteiger partial charge is 0.490 e. The minimum absolute atomic E-state index is 0.0238. The van der Waals surface area contributed by atoms with Crippen LogP contribution in [0.1, 0.15) is 36.0 Å². The summed E-state index contributed by atoms with van der Waals surface area (Å²) in [5, 5.41) is 18.2. The monoisotopic (exact) mass is 961 g/mol. The van der Waals surface area contributed by atoms with Gasteiger partial charge in [-0.25, -0.2) is 27.8 Å². The van der Waals surface area contributed by atoms with Gasteiger partial charge in [-0.3, -0.25) is 24.8 Å². The van der Waals surface area contributed by atoms with Crippen molar-refractivity contribution in [3.05, 3.63) is 133 Å². The fourth-order valence-electron chi connectivity index (χ4n) is 7.50. The Bertz CT molecular complexity index is 2670. The van der Waals surface area contributed by atoms with Crippen LogP contribution < -0.4 is 35.6 Å². The number of hydrogen-bond donors (Lipinski definition) is 5. The average molecular weight is 962 g/mol. The Kier molecular flexibility index (Phi) is 16.9. The second kappa shape index (κ2) is 22.8. The van der Waals surface area contributed by atoms with E-state index in [0.29, 0.717) is 29.4 Å². The van der Waals surface area contributed by atoms with E-state index >= 15 is 0 Å². The van der Waals surface area contributed by atoms with Crippen LogP contribution in [0.25, 0.3) is 11.1 Å². The molecule has 2 fully saturated rings. The first kappa shape index (κ1) is 49.9. The van der Waals surface area contributed by atoms with Gasteiger partial charge >= 0.3 is 0 Å². The van der Waals surface area contributed by atoms with Gasteiger partial charge in [0.2, 0.25) is 5.91 Å². The standard InChI is InChI=1S/C26H27NO7S.C21H24N2O8S/c28-25(27-29)26(13-15-32-16-14-26)35(30,31)24-11-9-22(10-12-24)33-17-18-34-23-8-4-7-21(19-23)20-5-2-1-3-6-20;22-19(24)15-2-1-3-17(14-15)31-13-12-30-16-4-6-18(7-5-16)32(27,28)21(20(25)23-26)8-10-29-11-9-21/h1-12,19,29H,13-18H2,(H,27,28);1-7,14,26H,8-13H2,(H2,22,24)(H,23,25). The smallest absolute Gasteiger partial charge is 0.265 e. The predicted molar refractivity (Wildman–Crippen MR) is 241 cm³/mol. The summed E-state index contributed by atoms with van der Waals surface area (Å²) in [5.41, 5.74) is 10.7. The molecule has 5 aromatic carbocycles. The molecule has 2 heterocycles. The maximum atomic E-state index is 13.3. The molecule has 2 aliphatic rings. The maximum absolute atomic E-state index is 13.3. The van der Waals surface area contributed by atoms with Gasteiger partial charge in [-0.2, -0.15) is 0 Å². The van der Waals surface area contributed by atoms with Crippen molar-refractivity contribution < 1.29 is 70.1 Å². The van der Waals surface area contributed by atoms with E-state index in [4.69, 9.17) is 44.6 Å². The van der Waals surface area contributed by atoms with Gasteiger partial charge in [0.25, 0.3) is 11.8 Å². The molecule has 67 heavy (non-hydrogen) atoms. The van der Waals surface area contributed by atoms with Crippen LogP contribution in [0.4, 0.5) is 0 Å². The van der Waals surface area contributed by atoms with Crippen LogP contribution >= 0.6 is 0 Å². The molecule has 0 unspecified atom stereocenters. The number of primary amides is 1. The zero-order chi connectivity index (χ0) is 47.9. The van der Waals surface area contributed by atoms with E-state index in [1.165, 1.54) is 65.6 Å². The van der Waals surface area contributed by atoms with Crippen molar-refractivity contribution in [3.63, 3.8) is 0 Å². The van der Waals surface area contributed by atoms with Crippen LogP contribution in [0.15, 0.2) is 137 Å². The molecule has 2 aliphatic heterocycles. The lowest BCUT2D eigenvalue weighted by Gasteiger charge is -2.34. The van der Waals surface area contributed by atoms with E-state index in [0.717, 1.165) is 16.9 Å². The lowest BCUT2D eigenvalue weighted by atomic mass is 9.98. The number of sulfone groups is 2. The first-order valence-corrected chi connectivity index (χ1v) is 24.0. The third-order valence-corrected chi connectivity index (χ3v) is 16.3. The normalized spacial score (nSPS) is 15.4. The fourth-order valence-corrected chi connectivity index (χ4v) is 11.4. The zero-order valence-electron chi connectivity index (χ0n) is 36.2.